The SMILES string of the molecule is COc1ccc(NS(=O)(=O)n2cccc2)cc1C(=O)CCCCCl. The monoisotopic (exact) mass is 370 g/mol. The second-order valence-corrected chi connectivity index (χ2v) is 7.06. The van der Waals surface area contributed by atoms with Crippen LogP contribution in [0.3, 0.4) is 0 Å². The van der Waals surface area contributed by atoms with E-state index in [1.807, 2.05) is 0 Å². The Kier molecular flexibility index (Phi) is 6.28. The molecule has 0 spiro atoms. The number of carbonyl (C=O) groups excluding carboxylic acids is 1. The Morgan fingerprint density at radius 1 is 1.25 bits per heavy atom. The number of ether oxygens (including phenoxy) is 1. The molecule has 0 radical (unpaired) electrons. The summed E-state index contributed by atoms with van der Waals surface area (Å²) in [6, 6.07) is 7.83. The lowest BCUT2D eigenvalue weighted by Crippen LogP contribution is -2.20. The van der Waals surface area contributed by atoms with Crippen molar-refractivity contribution >= 4 is 33.3 Å². The molecule has 1 N–H and O–H groups in total. The number of benzene rings is 1. The highest BCUT2D eigenvalue weighted by atomic mass is 35.5. The molecule has 0 unspecified atom stereocenters. The van der Waals surface area contributed by atoms with Crippen molar-refractivity contribution in [3.05, 3.63) is 48.3 Å². The number of alkyl halides is 1. The molecule has 0 aliphatic rings. The van der Waals surface area contributed by atoms with Crippen LogP contribution in [0.1, 0.15) is 29.6 Å². The fourth-order valence-corrected chi connectivity index (χ4v) is 3.36. The van der Waals surface area contributed by atoms with Gasteiger partial charge in [-0.05, 0) is 43.2 Å². The first-order valence-corrected chi connectivity index (χ1v) is 9.39. The number of rotatable bonds is 9. The Morgan fingerprint density at radius 2 is 1.96 bits per heavy atom. The summed E-state index contributed by atoms with van der Waals surface area (Å²) in [4.78, 5) is 12.3. The molecule has 2 rings (SSSR count). The first kappa shape index (κ1) is 18.4. The molecule has 8 heteroatoms. The van der Waals surface area contributed by atoms with E-state index < -0.39 is 10.2 Å². The van der Waals surface area contributed by atoms with Gasteiger partial charge in [0, 0.05) is 24.7 Å². The average molecular weight is 371 g/mol. The van der Waals surface area contributed by atoms with Crippen LogP contribution < -0.4 is 9.46 Å². The van der Waals surface area contributed by atoms with Gasteiger partial charge in [-0.3, -0.25) is 9.52 Å². The topological polar surface area (TPSA) is 77.4 Å². The second kappa shape index (κ2) is 8.21. The van der Waals surface area contributed by atoms with Crippen LogP contribution in [0.25, 0.3) is 0 Å². The standard InChI is InChI=1S/C16H19ClN2O4S/c1-23-16-8-7-13(12-14(16)15(20)6-2-3-9-17)18-24(21,22)19-10-4-5-11-19/h4-5,7-8,10-12,18H,2-3,6,9H2,1H3. The summed E-state index contributed by atoms with van der Waals surface area (Å²) in [7, 11) is -2.29. The summed E-state index contributed by atoms with van der Waals surface area (Å²) in [5.74, 6) is 0.801. The van der Waals surface area contributed by atoms with Crippen LogP contribution in [0, 0.1) is 0 Å². The molecule has 0 amide bonds. The number of aromatic nitrogens is 1. The van der Waals surface area contributed by atoms with Gasteiger partial charge in [-0.25, -0.2) is 3.97 Å². The van der Waals surface area contributed by atoms with Crippen molar-refractivity contribution in [2.45, 2.75) is 19.3 Å². The molecule has 0 aliphatic carbocycles. The molecule has 6 nitrogen and oxygen atoms in total. The normalized spacial score (nSPS) is 11.2. The Bertz CT molecular complexity index is 788. The first-order chi connectivity index (χ1) is 11.5. The molecule has 1 aromatic carbocycles. The van der Waals surface area contributed by atoms with Gasteiger partial charge < -0.3 is 4.74 Å². The lowest BCUT2D eigenvalue weighted by atomic mass is 10.0. The number of methoxy groups -OCH3 is 1. The number of Topliss-reactive ketones (excluding diaryl/α,β-unsaturated/α-hetero) is 1. The molecule has 24 heavy (non-hydrogen) atoms. The van der Waals surface area contributed by atoms with E-state index >= 15 is 0 Å². The van der Waals surface area contributed by atoms with Crippen LogP contribution in [-0.2, 0) is 10.2 Å². The average Bonchev–Trinajstić information content (AvgIpc) is 3.10. The van der Waals surface area contributed by atoms with Crippen molar-refractivity contribution in [2.75, 3.05) is 17.7 Å². The van der Waals surface area contributed by atoms with Gasteiger partial charge >= 0.3 is 10.2 Å². The molecular formula is C16H19ClN2O4S. The maximum Gasteiger partial charge on any atom is 0.327 e. The number of anilines is 1. The molecule has 1 heterocycles. The van der Waals surface area contributed by atoms with E-state index in [0.29, 0.717) is 35.7 Å². The third kappa shape index (κ3) is 4.52. The molecule has 0 bridgehead atoms. The van der Waals surface area contributed by atoms with Gasteiger partial charge in [0.2, 0.25) is 0 Å². The smallest absolute Gasteiger partial charge is 0.327 e. The summed E-state index contributed by atoms with van der Waals surface area (Å²) in [6.07, 6.45) is 4.59. The summed E-state index contributed by atoms with van der Waals surface area (Å²) in [6.45, 7) is 0. The maximum atomic E-state index is 12.3. The van der Waals surface area contributed by atoms with Crippen LogP contribution >= 0.6 is 11.6 Å². The lowest BCUT2D eigenvalue weighted by Gasteiger charge is -2.12. The van der Waals surface area contributed by atoms with Crippen molar-refractivity contribution < 1.29 is 17.9 Å². The molecule has 0 fully saturated rings. The van der Waals surface area contributed by atoms with Crippen molar-refractivity contribution in [1.82, 2.24) is 3.97 Å². The molecule has 130 valence electrons. The third-order valence-electron chi connectivity index (χ3n) is 3.39. The van der Waals surface area contributed by atoms with Gasteiger partial charge in [-0.15, -0.1) is 11.6 Å². The summed E-state index contributed by atoms with van der Waals surface area (Å²) in [5, 5.41) is 0. The highest BCUT2D eigenvalue weighted by Crippen LogP contribution is 2.25. The van der Waals surface area contributed by atoms with Crippen LogP contribution in [0.15, 0.2) is 42.7 Å². The molecule has 0 aliphatic heterocycles. The Labute approximate surface area is 146 Å². The number of nitrogens with one attached hydrogen (secondary N) is 1. The Hall–Kier alpha value is -1.99. The quantitative estimate of drug-likeness (QED) is 0.417. The van der Waals surface area contributed by atoms with Gasteiger partial charge in [-0.1, -0.05) is 0 Å². The minimum atomic E-state index is -3.76. The second-order valence-electron chi connectivity index (χ2n) is 5.10. The van der Waals surface area contributed by atoms with E-state index in [2.05, 4.69) is 4.72 Å². The van der Waals surface area contributed by atoms with E-state index in [1.165, 1.54) is 25.6 Å². The lowest BCUT2D eigenvalue weighted by molar-refractivity contribution is 0.0977. The molecule has 2 aromatic rings. The van der Waals surface area contributed by atoms with Crippen LogP contribution in [0.4, 0.5) is 5.69 Å². The maximum absolute atomic E-state index is 12.3. The Balaban J connectivity index is 2.23. The number of halogens is 1. The fourth-order valence-electron chi connectivity index (χ4n) is 2.18. The van der Waals surface area contributed by atoms with Gasteiger partial charge in [0.25, 0.3) is 0 Å². The predicted molar refractivity (Wildman–Crippen MR) is 94.3 cm³/mol. The minimum absolute atomic E-state index is 0.112. The van der Waals surface area contributed by atoms with Crippen molar-refractivity contribution in [2.24, 2.45) is 0 Å². The molecule has 0 saturated carbocycles. The van der Waals surface area contributed by atoms with E-state index in [-0.39, 0.29) is 5.78 Å². The Morgan fingerprint density at radius 3 is 2.58 bits per heavy atom. The van der Waals surface area contributed by atoms with Crippen molar-refractivity contribution in [3.8, 4) is 5.75 Å². The van der Waals surface area contributed by atoms with Crippen LogP contribution in [-0.4, -0.2) is 31.2 Å². The number of ketones is 1. The predicted octanol–water partition coefficient (Wildman–Crippen LogP) is 3.29. The van der Waals surface area contributed by atoms with Crippen LogP contribution in [0.2, 0.25) is 0 Å². The van der Waals surface area contributed by atoms with Gasteiger partial charge in [0.1, 0.15) is 5.75 Å². The van der Waals surface area contributed by atoms with E-state index in [9.17, 15) is 13.2 Å². The zero-order chi connectivity index (χ0) is 17.6. The highest BCUT2D eigenvalue weighted by molar-refractivity contribution is 7.91. The third-order valence-corrected chi connectivity index (χ3v) is 4.95. The van der Waals surface area contributed by atoms with Gasteiger partial charge in [-0.2, -0.15) is 8.42 Å². The molecule has 0 atom stereocenters. The highest BCUT2D eigenvalue weighted by Gasteiger charge is 2.16. The first-order valence-electron chi connectivity index (χ1n) is 7.41. The van der Waals surface area contributed by atoms with E-state index in [4.69, 9.17) is 16.3 Å². The minimum Gasteiger partial charge on any atom is -0.496 e. The van der Waals surface area contributed by atoms with Crippen molar-refractivity contribution in [3.63, 3.8) is 0 Å². The van der Waals surface area contributed by atoms with Crippen LogP contribution in [0.5, 0.6) is 5.75 Å². The zero-order valence-electron chi connectivity index (χ0n) is 13.2. The van der Waals surface area contributed by atoms with E-state index in [0.717, 1.165) is 10.4 Å². The van der Waals surface area contributed by atoms with Crippen molar-refractivity contribution in [1.29, 1.82) is 0 Å². The summed E-state index contributed by atoms with van der Waals surface area (Å²) in [5.41, 5.74) is 0.643. The molecule has 0 saturated heterocycles. The molecular weight excluding hydrogens is 352 g/mol. The van der Waals surface area contributed by atoms with Gasteiger partial charge in [0.15, 0.2) is 5.78 Å². The number of hydrogen-bond acceptors (Lipinski definition) is 4. The summed E-state index contributed by atoms with van der Waals surface area (Å²) < 4.78 is 33.2. The number of hydrogen-bond donors (Lipinski definition) is 1. The number of carbonyl (C=O) groups is 1. The number of nitrogens with zero attached hydrogens (tertiary/aromatic N) is 1. The van der Waals surface area contributed by atoms with Gasteiger partial charge in [0.05, 0.1) is 18.4 Å². The molecule has 1 aromatic heterocycles. The largest absolute Gasteiger partial charge is 0.496 e. The number of unbranched alkanes of at least 4 members (excludes halogenated alkanes) is 1. The zero-order valence-corrected chi connectivity index (χ0v) is 14.8. The summed E-state index contributed by atoms with van der Waals surface area (Å²) >= 11 is 5.62. The fraction of sp³-hybridized carbons (Fsp3) is 0.312. The van der Waals surface area contributed by atoms with E-state index in [1.54, 1.807) is 24.3 Å².